The number of aliphatic carboxylic acids is 1. The van der Waals surface area contributed by atoms with Gasteiger partial charge in [-0.1, -0.05) is 6.07 Å². The van der Waals surface area contributed by atoms with Gasteiger partial charge in [-0.3, -0.25) is 4.79 Å². The van der Waals surface area contributed by atoms with Gasteiger partial charge in [-0.2, -0.15) is 0 Å². The van der Waals surface area contributed by atoms with Crippen molar-refractivity contribution in [2.24, 2.45) is 7.05 Å². The maximum Gasteiger partial charge on any atom is 0.394 e. The second-order valence-corrected chi connectivity index (χ2v) is 4.35. The number of benzene rings is 1. The molecule has 6 heteroatoms. The van der Waals surface area contributed by atoms with Crippen LogP contribution in [0.25, 0.3) is 11.0 Å². The molecule has 0 radical (unpaired) electrons. The molecule has 1 aromatic heterocycles. The zero-order valence-electron chi connectivity index (χ0n) is 10.8. The highest BCUT2D eigenvalue weighted by molar-refractivity contribution is 6.31. The summed E-state index contributed by atoms with van der Waals surface area (Å²) in [6, 6.07) is 5.88. The number of nitrogens with zero attached hydrogens (tertiary/aromatic N) is 2. The molecule has 2 aromatic rings. The van der Waals surface area contributed by atoms with Gasteiger partial charge in [0.15, 0.2) is 0 Å². The average Bonchev–Trinajstić information content (AvgIpc) is 2.64. The van der Waals surface area contributed by atoms with Crippen LogP contribution in [-0.2, 0) is 23.1 Å². The minimum atomic E-state index is -1.46. The molecule has 0 aliphatic heterocycles. The highest BCUT2D eigenvalue weighted by atomic mass is 16.4. The molecule has 0 unspecified atom stereocenters. The van der Waals surface area contributed by atoms with Crippen molar-refractivity contribution < 1.29 is 14.7 Å². The van der Waals surface area contributed by atoms with Crippen molar-refractivity contribution in [2.45, 2.75) is 13.3 Å². The Bertz CT molecular complexity index is 646. The summed E-state index contributed by atoms with van der Waals surface area (Å²) in [5, 5.41) is 10.8. The van der Waals surface area contributed by atoms with Crippen molar-refractivity contribution in [2.75, 3.05) is 6.54 Å². The van der Waals surface area contributed by atoms with E-state index < -0.39 is 11.9 Å². The summed E-state index contributed by atoms with van der Waals surface area (Å²) >= 11 is 0. The molecule has 0 atom stereocenters. The van der Waals surface area contributed by atoms with E-state index in [9.17, 15) is 9.59 Å². The fourth-order valence-electron chi connectivity index (χ4n) is 1.92. The van der Waals surface area contributed by atoms with Crippen molar-refractivity contribution in [1.29, 1.82) is 0 Å². The van der Waals surface area contributed by atoms with E-state index >= 15 is 0 Å². The van der Waals surface area contributed by atoms with Crippen LogP contribution >= 0.6 is 0 Å². The molecular weight excluding hydrogens is 246 g/mol. The zero-order valence-corrected chi connectivity index (χ0v) is 10.8. The molecule has 2 N–H and O–H groups in total. The van der Waals surface area contributed by atoms with Crippen molar-refractivity contribution in [3.63, 3.8) is 0 Å². The van der Waals surface area contributed by atoms with E-state index in [-0.39, 0.29) is 0 Å². The molecule has 0 spiro atoms. The molecule has 2 rings (SSSR count). The number of nitrogens with one attached hydrogen (secondary N) is 1. The first-order valence-corrected chi connectivity index (χ1v) is 5.92. The largest absolute Gasteiger partial charge is 0.474 e. The molecule has 100 valence electrons. The van der Waals surface area contributed by atoms with E-state index in [0.717, 1.165) is 22.4 Å². The number of carboxylic acids is 1. The monoisotopic (exact) mass is 261 g/mol. The van der Waals surface area contributed by atoms with Crippen LogP contribution in [0.4, 0.5) is 0 Å². The van der Waals surface area contributed by atoms with E-state index in [4.69, 9.17) is 5.11 Å². The third-order valence-corrected chi connectivity index (χ3v) is 3.06. The minimum absolute atomic E-state index is 0.294. The minimum Gasteiger partial charge on any atom is -0.474 e. The Kier molecular flexibility index (Phi) is 3.50. The number of fused-ring (bicyclic) bond motifs is 1. The molecule has 1 aromatic carbocycles. The molecule has 0 saturated heterocycles. The topological polar surface area (TPSA) is 84.2 Å². The van der Waals surface area contributed by atoms with Crippen LogP contribution in [0, 0.1) is 6.92 Å². The summed E-state index contributed by atoms with van der Waals surface area (Å²) in [6.45, 7) is 2.23. The number of carboxylic acid groups (broad SMARTS) is 1. The molecule has 0 aliphatic rings. The first kappa shape index (κ1) is 13.1. The lowest BCUT2D eigenvalue weighted by Crippen LogP contribution is -2.32. The van der Waals surface area contributed by atoms with Crippen LogP contribution in [0.15, 0.2) is 18.2 Å². The highest BCUT2D eigenvalue weighted by Gasteiger charge is 2.10. The maximum absolute atomic E-state index is 10.9. The van der Waals surface area contributed by atoms with Gasteiger partial charge < -0.3 is 15.0 Å². The Morgan fingerprint density at radius 2 is 2.16 bits per heavy atom. The van der Waals surface area contributed by atoms with E-state index in [1.54, 1.807) is 0 Å². The van der Waals surface area contributed by atoms with E-state index in [1.165, 1.54) is 0 Å². The number of rotatable bonds is 3. The van der Waals surface area contributed by atoms with Gasteiger partial charge in [-0.15, -0.1) is 0 Å². The van der Waals surface area contributed by atoms with Crippen LogP contribution < -0.4 is 5.32 Å². The van der Waals surface area contributed by atoms with E-state index in [0.29, 0.717) is 13.0 Å². The van der Waals surface area contributed by atoms with Gasteiger partial charge in [0, 0.05) is 13.6 Å². The van der Waals surface area contributed by atoms with Crippen molar-refractivity contribution in [3.8, 4) is 0 Å². The lowest BCUT2D eigenvalue weighted by atomic mass is 10.1. The predicted molar refractivity (Wildman–Crippen MR) is 69.8 cm³/mol. The molecule has 1 amide bonds. The second-order valence-electron chi connectivity index (χ2n) is 4.35. The number of carbonyl (C=O) groups excluding carboxylic acids is 1. The van der Waals surface area contributed by atoms with Crippen LogP contribution in [0.3, 0.4) is 0 Å². The first-order valence-electron chi connectivity index (χ1n) is 5.92. The number of amides is 1. The number of hydrogen-bond donors (Lipinski definition) is 2. The third-order valence-electron chi connectivity index (χ3n) is 3.06. The zero-order chi connectivity index (χ0) is 14.0. The standard InChI is InChI=1S/C13H15N3O3/c1-8-15-10-7-9(3-4-11(10)16(8)2)5-6-14-12(17)13(18)19/h3-4,7H,5-6H2,1-2H3,(H,14,17)(H,18,19). The molecule has 0 aliphatic carbocycles. The van der Waals surface area contributed by atoms with Crippen molar-refractivity contribution >= 4 is 22.9 Å². The van der Waals surface area contributed by atoms with E-state index in [2.05, 4.69) is 10.3 Å². The van der Waals surface area contributed by atoms with Crippen LogP contribution in [0.5, 0.6) is 0 Å². The normalized spacial score (nSPS) is 10.6. The van der Waals surface area contributed by atoms with Crippen molar-refractivity contribution in [1.82, 2.24) is 14.9 Å². The molecule has 1 heterocycles. The van der Waals surface area contributed by atoms with E-state index in [1.807, 2.05) is 36.7 Å². The summed E-state index contributed by atoms with van der Waals surface area (Å²) in [5.41, 5.74) is 2.97. The molecule has 0 bridgehead atoms. The number of carbonyl (C=O) groups is 2. The highest BCUT2D eigenvalue weighted by Crippen LogP contribution is 2.16. The molecule has 19 heavy (non-hydrogen) atoms. The van der Waals surface area contributed by atoms with Gasteiger partial charge in [0.1, 0.15) is 5.82 Å². The predicted octanol–water partition coefficient (Wildman–Crippen LogP) is 0.625. The second kappa shape index (κ2) is 5.09. The summed E-state index contributed by atoms with van der Waals surface area (Å²) in [6.07, 6.45) is 0.574. The Morgan fingerprint density at radius 1 is 1.42 bits per heavy atom. The fraction of sp³-hybridized carbons (Fsp3) is 0.308. The lowest BCUT2D eigenvalue weighted by Gasteiger charge is -2.03. The lowest BCUT2D eigenvalue weighted by molar-refractivity contribution is -0.150. The number of imidazole rings is 1. The summed E-state index contributed by atoms with van der Waals surface area (Å²) < 4.78 is 2.01. The Labute approximate surface area is 110 Å². The van der Waals surface area contributed by atoms with Crippen LogP contribution in [-0.4, -0.2) is 33.1 Å². The fourth-order valence-corrected chi connectivity index (χ4v) is 1.92. The summed E-state index contributed by atoms with van der Waals surface area (Å²) in [4.78, 5) is 25.6. The Balaban J connectivity index is 2.06. The van der Waals surface area contributed by atoms with Gasteiger partial charge in [0.25, 0.3) is 0 Å². The van der Waals surface area contributed by atoms with Gasteiger partial charge >= 0.3 is 11.9 Å². The van der Waals surface area contributed by atoms with Gasteiger partial charge in [0.05, 0.1) is 11.0 Å². The Hall–Kier alpha value is -2.37. The van der Waals surface area contributed by atoms with Gasteiger partial charge in [-0.05, 0) is 31.0 Å². The van der Waals surface area contributed by atoms with Gasteiger partial charge in [0.2, 0.25) is 0 Å². The summed E-state index contributed by atoms with van der Waals surface area (Å²) in [7, 11) is 1.96. The number of aromatic nitrogens is 2. The molecule has 0 saturated carbocycles. The quantitative estimate of drug-likeness (QED) is 0.793. The number of aryl methyl sites for hydroxylation is 2. The molecular formula is C13H15N3O3. The summed E-state index contributed by atoms with van der Waals surface area (Å²) in [5.74, 6) is -1.50. The van der Waals surface area contributed by atoms with Crippen LogP contribution in [0.1, 0.15) is 11.4 Å². The maximum atomic E-state index is 10.9. The average molecular weight is 261 g/mol. The third kappa shape index (κ3) is 2.73. The smallest absolute Gasteiger partial charge is 0.394 e. The van der Waals surface area contributed by atoms with Gasteiger partial charge in [-0.25, -0.2) is 9.78 Å². The first-order chi connectivity index (χ1) is 8.99. The molecule has 0 fully saturated rings. The SMILES string of the molecule is Cc1nc2cc(CCNC(=O)C(=O)O)ccc2n1C. The number of hydrogen-bond acceptors (Lipinski definition) is 3. The molecule has 6 nitrogen and oxygen atoms in total. The van der Waals surface area contributed by atoms with Crippen LogP contribution in [0.2, 0.25) is 0 Å². The van der Waals surface area contributed by atoms with Crippen molar-refractivity contribution in [3.05, 3.63) is 29.6 Å². The Morgan fingerprint density at radius 3 is 2.84 bits per heavy atom.